The second-order valence-corrected chi connectivity index (χ2v) is 5.14. The number of non-ortho nitro benzene ring substituents is 1. The summed E-state index contributed by atoms with van der Waals surface area (Å²) in [5, 5.41) is 27.3. The molecule has 0 bridgehead atoms. The van der Waals surface area contributed by atoms with E-state index in [0.717, 1.165) is 9.24 Å². The smallest absolute Gasteiger partial charge is 0.269 e. The summed E-state index contributed by atoms with van der Waals surface area (Å²) >= 11 is 2.70. The largest absolute Gasteiger partial charge is 0.392 e. The molecule has 8 heteroatoms. The predicted molar refractivity (Wildman–Crippen MR) is 63.1 cm³/mol. The van der Waals surface area contributed by atoms with Crippen LogP contribution in [0.5, 0.6) is 0 Å². The van der Waals surface area contributed by atoms with Crippen molar-refractivity contribution >= 4 is 28.8 Å². The summed E-state index contributed by atoms with van der Waals surface area (Å²) in [5.41, 5.74) is 2.09. The first-order valence-corrected chi connectivity index (χ1v) is 6.22. The van der Waals surface area contributed by atoms with Crippen LogP contribution in [0.1, 0.15) is 5.56 Å². The number of aromatic nitrogens is 2. The number of hydrogen-bond donors (Lipinski definition) is 1. The van der Waals surface area contributed by atoms with Gasteiger partial charge in [0.15, 0.2) is 4.34 Å². The number of benzene rings is 1. The molecule has 0 spiro atoms. The van der Waals surface area contributed by atoms with Crippen LogP contribution in [0.4, 0.5) is 5.69 Å². The number of aliphatic hydroxyl groups excluding tert-OH is 1. The Morgan fingerprint density at radius 2 is 2.35 bits per heavy atom. The molecule has 1 N–H and O–H groups in total. The highest BCUT2D eigenvalue weighted by atomic mass is 32.2. The molecular weight excluding hydrogens is 262 g/mol. The molecule has 0 aliphatic rings. The Kier molecular flexibility index (Phi) is 3.67. The SMILES string of the molecule is O=[N+]([O-])c1ccc(Sc2nncs2)c(CO)c1. The van der Waals surface area contributed by atoms with Crippen LogP contribution in [-0.4, -0.2) is 20.2 Å². The van der Waals surface area contributed by atoms with E-state index in [9.17, 15) is 15.2 Å². The third kappa shape index (κ3) is 2.78. The number of nitro groups is 1. The lowest BCUT2D eigenvalue weighted by atomic mass is 10.2. The fourth-order valence-corrected chi connectivity index (χ4v) is 2.74. The van der Waals surface area contributed by atoms with Crippen molar-refractivity contribution in [2.24, 2.45) is 0 Å². The van der Waals surface area contributed by atoms with Crippen LogP contribution in [0, 0.1) is 10.1 Å². The normalized spacial score (nSPS) is 10.4. The molecule has 0 saturated heterocycles. The maximum absolute atomic E-state index is 10.6. The van der Waals surface area contributed by atoms with E-state index in [-0.39, 0.29) is 12.3 Å². The van der Waals surface area contributed by atoms with E-state index in [4.69, 9.17) is 0 Å². The van der Waals surface area contributed by atoms with Crippen molar-refractivity contribution < 1.29 is 10.0 Å². The zero-order chi connectivity index (χ0) is 12.3. The van der Waals surface area contributed by atoms with Crippen LogP contribution in [0.25, 0.3) is 0 Å². The van der Waals surface area contributed by atoms with Crippen molar-refractivity contribution in [3.8, 4) is 0 Å². The molecule has 2 rings (SSSR count). The topological polar surface area (TPSA) is 89.2 Å². The molecule has 2 aromatic rings. The first-order chi connectivity index (χ1) is 8.20. The van der Waals surface area contributed by atoms with Gasteiger partial charge in [-0.2, -0.15) is 0 Å². The molecule has 88 valence electrons. The lowest BCUT2D eigenvalue weighted by Gasteiger charge is -2.04. The molecule has 1 aromatic carbocycles. The van der Waals surface area contributed by atoms with Gasteiger partial charge in [0, 0.05) is 17.0 Å². The number of aliphatic hydroxyl groups is 1. The second-order valence-electron chi connectivity index (χ2n) is 3.01. The number of nitrogens with zero attached hydrogens (tertiary/aromatic N) is 3. The van der Waals surface area contributed by atoms with E-state index in [1.54, 1.807) is 11.6 Å². The van der Waals surface area contributed by atoms with E-state index in [1.807, 2.05) is 0 Å². The minimum Gasteiger partial charge on any atom is -0.392 e. The maximum Gasteiger partial charge on any atom is 0.269 e. The average molecular weight is 269 g/mol. The zero-order valence-corrected chi connectivity index (χ0v) is 10.1. The van der Waals surface area contributed by atoms with Crippen molar-refractivity contribution in [1.29, 1.82) is 0 Å². The molecule has 0 radical (unpaired) electrons. The lowest BCUT2D eigenvalue weighted by Crippen LogP contribution is -1.93. The van der Waals surface area contributed by atoms with Gasteiger partial charge in [-0.3, -0.25) is 10.1 Å². The van der Waals surface area contributed by atoms with Crippen molar-refractivity contribution in [3.05, 3.63) is 39.4 Å². The van der Waals surface area contributed by atoms with Crippen molar-refractivity contribution in [1.82, 2.24) is 10.2 Å². The quantitative estimate of drug-likeness (QED) is 0.675. The van der Waals surface area contributed by atoms with Crippen LogP contribution in [0.3, 0.4) is 0 Å². The minimum absolute atomic E-state index is 0.0318. The second kappa shape index (κ2) is 5.21. The van der Waals surface area contributed by atoms with Crippen LogP contribution < -0.4 is 0 Å². The predicted octanol–water partition coefficient (Wildman–Crippen LogP) is 2.09. The van der Waals surface area contributed by atoms with E-state index < -0.39 is 4.92 Å². The summed E-state index contributed by atoms with van der Waals surface area (Å²) in [4.78, 5) is 10.9. The molecule has 6 nitrogen and oxygen atoms in total. The molecule has 1 aromatic heterocycles. The number of nitro benzene ring substituents is 1. The molecule has 0 amide bonds. The van der Waals surface area contributed by atoms with Crippen molar-refractivity contribution in [3.63, 3.8) is 0 Å². The summed E-state index contributed by atoms with van der Waals surface area (Å²) in [6, 6.07) is 4.38. The van der Waals surface area contributed by atoms with E-state index in [2.05, 4.69) is 10.2 Å². The first kappa shape index (κ1) is 12.0. The van der Waals surface area contributed by atoms with E-state index in [0.29, 0.717) is 5.56 Å². The lowest BCUT2D eigenvalue weighted by molar-refractivity contribution is -0.385. The van der Waals surface area contributed by atoms with Crippen molar-refractivity contribution in [2.45, 2.75) is 15.8 Å². The Bertz CT molecular complexity index is 530. The van der Waals surface area contributed by atoms with Gasteiger partial charge in [-0.05, 0) is 11.6 Å². The summed E-state index contributed by atoms with van der Waals surface area (Å²) in [7, 11) is 0. The van der Waals surface area contributed by atoms with Crippen LogP contribution in [-0.2, 0) is 6.61 Å². The Hall–Kier alpha value is -1.51. The Morgan fingerprint density at radius 1 is 1.53 bits per heavy atom. The average Bonchev–Trinajstić information content (AvgIpc) is 2.82. The third-order valence-corrected chi connectivity index (χ3v) is 3.86. The molecule has 0 aliphatic heterocycles. The third-order valence-electron chi connectivity index (χ3n) is 1.96. The van der Waals surface area contributed by atoms with Gasteiger partial charge in [0.05, 0.1) is 11.5 Å². The van der Waals surface area contributed by atoms with Gasteiger partial charge >= 0.3 is 0 Å². The van der Waals surface area contributed by atoms with Crippen LogP contribution in [0.15, 0.2) is 32.9 Å². The standard InChI is InChI=1S/C9H7N3O3S2/c13-4-6-3-7(12(14)15)1-2-8(6)17-9-11-10-5-16-9/h1-3,5,13H,4H2. The summed E-state index contributed by atoms with van der Waals surface area (Å²) in [5.74, 6) is 0. The van der Waals surface area contributed by atoms with Gasteiger partial charge in [-0.15, -0.1) is 10.2 Å². The zero-order valence-electron chi connectivity index (χ0n) is 8.44. The molecule has 0 saturated carbocycles. The molecule has 17 heavy (non-hydrogen) atoms. The maximum atomic E-state index is 10.6. The summed E-state index contributed by atoms with van der Waals surface area (Å²) in [6.45, 7) is -0.247. The van der Waals surface area contributed by atoms with Gasteiger partial charge < -0.3 is 5.11 Å². The molecule has 0 aliphatic carbocycles. The summed E-state index contributed by atoms with van der Waals surface area (Å²) < 4.78 is 0.730. The Labute approximate surface area is 104 Å². The molecule has 1 heterocycles. The number of rotatable bonds is 4. The fourth-order valence-electron chi connectivity index (χ4n) is 1.20. The Balaban J connectivity index is 2.31. The van der Waals surface area contributed by atoms with Crippen LogP contribution in [0.2, 0.25) is 0 Å². The highest BCUT2D eigenvalue weighted by Crippen LogP contribution is 2.33. The molecule has 0 atom stereocenters. The van der Waals surface area contributed by atoms with Crippen molar-refractivity contribution in [2.75, 3.05) is 0 Å². The van der Waals surface area contributed by atoms with E-state index >= 15 is 0 Å². The van der Waals surface area contributed by atoms with Gasteiger partial charge in [-0.25, -0.2) is 0 Å². The highest BCUT2D eigenvalue weighted by Gasteiger charge is 2.12. The minimum atomic E-state index is -0.488. The van der Waals surface area contributed by atoms with Gasteiger partial charge in [0.25, 0.3) is 5.69 Å². The molecule has 0 unspecified atom stereocenters. The highest BCUT2D eigenvalue weighted by molar-refractivity contribution is 8.01. The van der Waals surface area contributed by atoms with Gasteiger partial charge in [-0.1, -0.05) is 23.1 Å². The molecule has 0 fully saturated rings. The summed E-state index contributed by atoms with van der Waals surface area (Å²) in [6.07, 6.45) is 0. The monoisotopic (exact) mass is 269 g/mol. The van der Waals surface area contributed by atoms with Crippen LogP contribution >= 0.6 is 23.1 Å². The first-order valence-electron chi connectivity index (χ1n) is 4.53. The van der Waals surface area contributed by atoms with Gasteiger partial charge in [0.2, 0.25) is 0 Å². The van der Waals surface area contributed by atoms with E-state index in [1.165, 1.54) is 35.2 Å². The fraction of sp³-hybridized carbons (Fsp3) is 0.111. The molecular formula is C9H7N3O3S2. The number of hydrogen-bond acceptors (Lipinski definition) is 7. The van der Waals surface area contributed by atoms with Gasteiger partial charge in [0.1, 0.15) is 5.51 Å². The Morgan fingerprint density at radius 3 is 2.94 bits per heavy atom.